The van der Waals surface area contributed by atoms with Crippen LogP contribution in [0, 0.1) is 5.92 Å². The van der Waals surface area contributed by atoms with Gasteiger partial charge >= 0.3 is 5.97 Å². The largest absolute Gasteiger partial charge is 0.460 e. The molecular formula is C10H18O4. The quantitative estimate of drug-likeness (QED) is 0.489. The van der Waals surface area contributed by atoms with Crippen molar-refractivity contribution in [1.82, 2.24) is 0 Å². The summed E-state index contributed by atoms with van der Waals surface area (Å²) >= 11 is 0. The molecule has 1 N–H and O–H groups in total. The maximum absolute atomic E-state index is 10.6. The second-order valence-corrected chi connectivity index (χ2v) is 3.42. The Labute approximate surface area is 84.5 Å². The number of rotatable bonds is 7. The van der Waals surface area contributed by atoms with Gasteiger partial charge in [0.15, 0.2) is 0 Å². The minimum atomic E-state index is -0.766. The Morgan fingerprint density at radius 2 is 2.07 bits per heavy atom. The lowest BCUT2D eigenvalue weighted by atomic mass is 10.2. The van der Waals surface area contributed by atoms with Crippen LogP contribution >= 0.6 is 0 Å². The van der Waals surface area contributed by atoms with E-state index >= 15 is 0 Å². The maximum Gasteiger partial charge on any atom is 0.330 e. The number of esters is 1. The van der Waals surface area contributed by atoms with Crippen LogP contribution in [0.15, 0.2) is 12.7 Å². The molecule has 0 aliphatic rings. The van der Waals surface area contributed by atoms with Crippen LogP contribution in [-0.2, 0) is 14.3 Å². The number of carbonyl (C=O) groups excluding carboxylic acids is 1. The van der Waals surface area contributed by atoms with E-state index in [1.165, 1.54) is 0 Å². The zero-order chi connectivity index (χ0) is 11.0. The Morgan fingerprint density at radius 3 is 2.57 bits per heavy atom. The second kappa shape index (κ2) is 7.53. The van der Waals surface area contributed by atoms with E-state index in [9.17, 15) is 9.90 Å². The molecule has 0 aromatic heterocycles. The molecule has 0 saturated carbocycles. The molecule has 4 heteroatoms. The molecule has 0 fully saturated rings. The van der Waals surface area contributed by atoms with E-state index in [1.54, 1.807) is 0 Å². The number of aliphatic hydroxyl groups excluding tert-OH is 1. The van der Waals surface area contributed by atoms with E-state index in [0.29, 0.717) is 12.5 Å². The summed E-state index contributed by atoms with van der Waals surface area (Å²) in [6, 6.07) is 0. The third kappa shape index (κ3) is 7.76. The third-order valence-electron chi connectivity index (χ3n) is 1.35. The molecular weight excluding hydrogens is 184 g/mol. The molecule has 0 amide bonds. The van der Waals surface area contributed by atoms with Gasteiger partial charge in [0.25, 0.3) is 0 Å². The first kappa shape index (κ1) is 13.1. The van der Waals surface area contributed by atoms with Crippen molar-refractivity contribution >= 4 is 5.97 Å². The van der Waals surface area contributed by atoms with Gasteiger partial charge in [-0.05, 0) is 5.92 Å². The maximum atomic E-state index is 10.6. The third-order valence-corrected chi connectivity index (χ3v) is 1.35. The highest BCUT2D eigenvalue weighted by molar-refractivity contribution is 5.81. The summed E-state index contributed by atoms with van der Waals surface area (Å²) in [5, 5.41) is 9.27. The molecule has 0 rings (SSSR count). The van der Waals surface area contributed by atoms with Crippen molar-refractivity contribution in [3.05, 3.63) is 12.7 Å². The smallest absolute Gasteiger partial charge is 0.330 e. The molecule has 0 heterocycles. The Hall–Kier alpha value is -0.870. The average molecular weight is 202 g/mol. The number of ether oxygens (including phenoxy) is 2. The van der Waals surface area contributed by atoms with Gasteiger partial charge in [-0.3, -0.25) is 0 Å². The summed E-state index contributed by atoms with van der Waals surface area (Å²) in [7, 11) is 0. The summed E-state index contributed by atoms with van der Waals surface area (Å²) in [6.45, 7) is 7.99. The second-order valence-electron chi connectivity index (χ2n) is 3.42. The molecule has 4 nitrogen and oxygen atoms in total. The molecule has 14 heavy (non-hydrogen) atoms. The minimum Gasteiger partial charge on any atom is -0.460 e. The number of carbonyl (C=O) groups is 1. The molecule has 0 radical (unpaired) electrons. The van der Waals surface area contributed by atoms with Crippen LogP contribution < -0.4 is 0 Å². The number of hydrogen-bond donors (Lipinski definition) is 1. The summed E-state index contributed by atoms with van der Waals surface area (Å²) in [5.41, 5.74) is 0. The first-order chi connectivity index (χ1) is 6.56. The normalized spacial score (nSPS) is 12.6. The van der Waals surface area contributed by atoms with Gasteiger partial charge in [0.1, 0.15) is 12.7 Å². The SMILES string of the molecule is C=CC(=O)OCC(O)COCC(C)C. The van der Waals surface area contributed by atoms with E-state index in [1.807, 2.05) is 13.8 Å². The molecule has 0 aliphatic heterocycles. The van der Waals surface area contributed by atoms with E-state index in [-0.39, 0.29) is 13.2 Å². The van der Waals surface area contributed by atoms with Gasteiger partial charge in [0.05, 0.1) is 6.61 Å². The van der Waals surface area contributed by atoms with Gasteiger partial charge < -0.3 is 14.6 Å². The predicted octanol–water partition coefficient (Wildman–Crippen LogP) is 0.749. The van der Waals surface area contributed by atoms with Gasteiger partial charge in [-0.15, -0.1) is 0 Å². The van der Waals surface area contributed by atoms with Crippen molar-refractivity contribution in [2.45, 2.75) is 20.0 Å². The van der Waals surface area contributed by atoms with Gasteiger partial charge in [-0.1, -0.05) is 20.4 Å². The molecule has 82 valence electrons. The number of hydrogen-bond acceptors (Lipinski definition) is 4. The molecule has 0 aromatic carbocycles. The zero-order valence-corrected chi connectivity index (χ0v) is 8.73. The zero-order valence-electron chi connectivity index (χ0n) is 8.73. The summed E-state index contributed by atoms with van der Waals surface area (Å²) < 4.78 is 9.78. The van der Waals surface area contributed by atoms with E-state index < -0.39 is 12.1 Å². The fourth-order valence-corrected chi connectivity index (χ4v) is 0.725. The van der Waals surface area contributed by atoms with Crippen molar-refractivity contribution in [3.8, 4) is 0 Å². The Bertz CT molecular complexity index is 177. The predicted molar refractivity (Wildman–Crippen MR) is 52.8 cm³/mol. The van der Waals surface area contributed by atoms with Crippen LogP contribution in [0.2, 0.25) is 0 Å². The summed E-state index contributed by atoms with van der Waals surface area (Å²) in [4.78, 5) is 10.6. The van der Waals surface area contributed by atoms with Crippen molar-refractivity contribution < 1.29 is 19.4 Å². The van der Waals surface area contributed by atoms with Crippen LogP contribution in [0.5, 0.6) is 0 Å². The number of aliphatic hydroxyl groups is 1. The van der Waals surface area contributed by atoms with Crippen LogP contribution in [-0.4, -0.2) is 37.0 Å². The fraction of sp³-hybridized carbons (Fsp3) is 0.700. The van der Waals surface area contributed by atoms with Crippen molar-refractivity contribution in [1.29, 1.82) is 0 Å². The van der Waals surface area contributed by atoms with Gasteiger partial charge in [-0.2, -0.15) is 0 Å². The fourth-order valence-electron chi connectivity index (χ4n) is 0.725. The topological polar surface area (TPSA) is 55.8 Å². The monoisotopic (exact) mass is 202 g/mol. The Balaban J connectivity index is 3.41. The lowest BCUT2D eigenvalue weighted by Crippen LogP contribution is -2.24. The van der Waals surface area contributed by atoms with E-state index in [4.69, 9.17) is 4.74 Å². The minimum absolute atomic E-state index is 0.0526. The van der Waals surface area contributed by atoms with Crippen LogP contribution in [0.3, 0.4) is 0 Å². The molecule has 0 saturated heterocycles. The van der Waals surface area contributed by atoms with E-state index in [0.717, 1.165) is 6.08 Å². The molecule has 0 aliphatic carbocycles. The highest BCUT2D eigenvalue weighted by Gasteiger charge is 2.07. The van der Waals surface area contributed by atoms with Crippen molar-refractivity contribution in [2.24, 2.45) is 5.92 Å². The first-order valence-corrected chi connectivity index (χ1v) is 4.61. The molecule has 0 spiro atoms. The summed E-state index contributed by atoms with van der Waals surface area (Å²) in [5.74, 6) is -0.106. The standard InChI is InChI=1S/C10H18O4/c1-4-10(12)14-7-9(11)6-13-5-8(2)3/h4,8-9,11H,1,5-7H2,2-3H3. The lowest BCUT2D eigenvalue weighted by Gasteiger charge is -2.12. The average Bonchev–Trinajstić information content (AvgIpc) is 2.13. The first-order valence-electron chi connectivity index (χ1n) is 4.61. The van der Waals surface area contributed by atoms with Crippen LogP contribution in [0.1, 0.15) is 13.8 Å². The summed E-state index contributed by atoms with van der Waals surface area (Å²) in [6.07, 6.45) is 0.291. The molecule has 0 aromatic rings. The molecule has 1 atom stereocenters. The molecule has 1 unspecified atom stereocenters. The highest BCUT2D eigenvalue weighted by Crippen LogP contribution is 1.95. The van der Waals surface area contributed by atoms with Crippen molar-refractivity contribution in [2.75, 3.05) is 19.8 Å². The highest BCUT2D eigenvalue weighted by atomic mass is 16.5. The Morgan fingerprint density at radius 1 is 1.43 bits per heavy atom. The van der Waals surface area contributed by atoms with Gasteiger partial charge in [-0.25, -0.2) is 4.79 Å². The van der Waals surface area contributed by atoms with Crippen molar-refractivity contribution in [3.63, 3.8) is 0 Å². The van der Waals surface area contributed by atoms with E-state index in [2.05, 4.69) is 11.3 Å². The molecule has 0 bridgehead atoms. The van der Waals surface area contributed by atoms with Crippen LogP contribution in [0.4, 0.5) is 0 Å². The lowest BCUT2D eigenvalue weighted by molar-refractivity contribution is -0.141. The van der Waals surface area contributed by atoms with Crippen LogP contribution in [0.25, 0.3) is 0 Å². The van der Waals surface area contributed by atoms with Gasteiger partial charge in [0.2, 0.25) is 0 Å². The Kier molecular flexibility index (Phi) is 7.06. The van der Waals surface area contributed by atoms with Gasteiger partial charge in [0, 0.05) is 12.7 Å².